The molecule has 9 nitrogen and oxygen atoms in total. The van der Waals surface area contributed by atoms with Crippen LogP contribution in [0, 0.1) is 5.82 Å². The second kappa shape index (κ2) is 19.5. The van der Waals surface area contributed by atoms with E-state index in [-0.39, 0.29) is 48.4 Å². The molecule has 0 saturated heterocycles. The van der Waals surface area contributed by atoms with Gasteiger partial charge in [-0.15, -0.1) is 0 Å². The summed E-state index contributed by atoms with van der Waals surface area (Å²) in [6, 6.07) is 26.1. The monoisotopic (exact) mass is 747 g/mol. The molecule has 3 N–H and O–H groups in total. The van der Waals surface area contributed by atoms with Crippen molar-refractivity contribution in [3.8, 4) is 11.5 Å². The molecule has 1 aliphatic rings. The molecule has 0 heterocycles. The molecule has 0 spiro atoms. The van der Waals surface area contributed by atoms with E-state index in [1.165, 1.54) is 12.1 Å². The van der Waals surface area contributed by atoms with Crippen molar-refractivity contribution in [3.05, 3.63) is 148 Å². The summed E-state index contributed by atoms with van der Waals surface area (Å²) < 4.78 is 32.0. The average molecular weight is 748 g/mol. The molecule has 1 unspecified atom stereocenters. The number of ether oxygens (including phenoxy) is 3. The molecule has 288 valence electrons. The number of halogens is 1. The third-order valence-electron chi connectivity index (χ3n) is 8.95. The number of amides is 3. The molecule has 0 saturated carbocycles. The molecule has 0 aliphatic heterocycles. The molecule has 3 amide bonds. The second-order valence-corrected chi connectivity index (χ2v) is 14.0. The summed E-state index contributed by atoms with van der Waals surface area (Å²) in [5, 5.41) is 8.85. The SMILES string of the molecule is CCCCNC(=O)c1ccc(NC(=O)C2=CC=C(NC(=O)c3ccc(C(C)C)c(OCc4ccccc4)c3)C(OC(C)C)C2)c(OCc2ccc(F)cc2)c1. The van der Waals surface area contributed by atoms with Crippen molar-refractivity contribution in [2.24, 2.45) is 0 Å². The van der Waals surface area contributed by atoms with Crippen LogP contribution in [-0.2, 0) is 22.7 Å². The highest BCUT2D eigenvalue weighted by Crippen LogP contribution is 2.31. The zero-order valence-corrected chi connectivity index (χ0v) is 32.1. The molecule has 0 fully saturated rings. The number of hydrogen-bond donors (Lipinski definition) is 3. The lowest BCUT2D eigenvalue weighted by Crippen LogP contribution is -2.35. The summed E-state index contributed by atoms with van der Waals surface area (Å²) in [5.74, 6) is -0.225. The molecule has 0 radical (unpaired) electrons. The first-order chi connectivity index (χ1) is 26.5. The predicted octanol–water partition coefficient (Wildman–Crippen LogP) is 9.01. The fourth-order valence-corrected chi connectivity index (χ4v) is 5.94. The van der Waals surface area contributed by atoms with E-state index in [2.05, 4.69) is 29.8 Å². The van der Waals surface area contributed by atoms with Crippen LogP contribution < -0.4 is 25.4 Å². The highest BCUT2D eigenvalue weighted by Gasteiger charge is 2.27. The van der Waals surface area contributed by atoms with Gasteiger partial charge in [-0.3, -0.25) is 14.4 Å². The zero-order chi connectivity index (χ0) is 39.3. The van der Waals surface area contributed by atoms with Gasteiger partial charge >= 0.3 is 0 Å². The topological polar surface area (TPSA) is 115 Å². The number of unbranched alkanes of at least 4 members (excludes halogenated alkanes) is 1. The zero-order valence-electron chi connectivity index (χ0n) is 32.1. The molecule has 5 rings (SSSR count). The van der Waals surface area contributed by atoms with Crippen molar-refractivity contribution in [2.45, 2.75) is 85.2 Å². The molecule has 4 aromatic rings. The van der Waals surface area contributed by atoms with Gasteiger partial charge in [0.05, 0.1) is 11.8 Å². The number of carbonyl (C=O) groups excluding carboxylic acids is 3. The maximum atomic E-state index is 13.8. The molecule has 55 heavy (non-hydrogen) atoms. The van der Waals surface area contributed by atoms with Crippen molar-refractivity contribution >= 4 is 23.4 Å². The Kier molecular flexibility index (Phi) is 14.4. The van der Waals surface area contributed by atoms with Gasteiger partial charge in [0.1, 0.15) is 36.6 Å². The van der Waals surface area contributed by atoms with Gasteiger partial charge in [0.15, 0.2) is 0 Å². The van der Waals surface area contributed by atoms with Crippen LogP contribution in [0.25, 0.3) is 0 Å². The van der Waals surface area contributed by atoms with Crippen LogP contribution in [0.2, 0.25) is 0 Å². The van der Waals surface area contributed by atoms with E-state index in [4.69, 9.17) is 14.2 Å². The average Bonchev–Trinajstić information content (AvgIpc) is 3.18. The lowest BCUT2D eigenvalue weighted by molar-refractivity contribution is -0.113. The molecule has 0 aromatic heterocycles. The highest BCUT2D eigenvalue weighted by molar-refractivity contribution is 6.05. The first-order valence-corrected chi connectivity index (χ1v) is 18.8. The maximum Gasteiger partial charge on any atom is 0.255 e. The highest BCUT2D eigenvalue weighted by atomic mass is 19.1. The number of benzene rings is 4. The quantitative estimate of drug-likeness (QED) is 0.0930. The van der Waals surface area contributed by atoms with Gasteiger partial charge in [-0.1, -0.05) is 81.8 Å². The van der Waals surface area contributed by atoms with E-state index in [1.807, 2.05) is 57.2 Å². The van der Waals surface area contributed by atoms with Crippen LogP contribution in [0.1, 0.15) is 97.2 Å². The van der Waals surface area contributed by atoms with Crippen LogP contribution in [-0.4, -0.2) is 36.5 Å². The fraction of sp³-hybridized carbons (Fsp3) is 0.311. The molecule has 1 aliphatic carbocycles. The second-order valence-electron chi connectivity index (χ2n) is 14.0. The predicted molar refractivity (Wildman–Crippen MR) is 213 cm³/mol. The Hall–Kier alpha value is -5.74. The van der Waals surface area contributed by atoms with Crippen molar-refractivity contribution in [1.82, 2.24) is 10.6 Å². The summed E-state index contributed by atoms with van der Waals surface area (Å²) in [6.07, 6.45) is 4.53. The Morgan fingerprint density at radius 2 is 1.40 bits per heavy atom. The van der Waals surface area contributed by atoms with E-state index in [1.54, 1.807) is 54.6 Å². The van der Waals surface area contributed by atoms with Gasteiger partial charge < -0.3 is 30.2 Å². The number of anilines is 1. The van der Waals surface area contributed by atoms with Crippen molar-refractivity contribution in [3.63, 3.8) is 0 Å². The lowest BCUT2D eigenvalue weighted by Gasteiger charge is -2.27. The normalized spacial score (nSPS) is 13.9. The summed E-state index contributed by atoms with van der Waals surface area (Å²) in [4.78, 5) is 40.3. The maximum absolute atomic E-state index is 13.8. The Morgan fingerprint density at radius 3 is 2.09 bits per heavy atom. The number of nitrogens with one attached hydrogen (secondary N) is 3. The lowest BCUT2D eigenvalue weighted by atomic mass is 9.97. The van der Waals surface area contributed by atoms with E-state index in [9.17, 15) is 18.8 Å². The summed E-state index contributed by atoms with van der Waals surface area (Å²) >= 11 is 0. The Balaban J connectivity index is 1.34. The minimum absolute atomic E-state index is 0.0870. The van der Waals surface area contributed by atoms with Crippen molar-refractivity contribution in [2.75, 3.05) is 11.9 Å². The van der Waals surface area contributed by atoms with E-state index >= 15 is 0 Å². The largest absolute Gasteiger partial charge is 0.489 e. The van der Waals surface area contributed by atoms with Gasteiger partial charge in [-0.25, -0.2) is 4.39 Å². The Morgan fingerprint density at radius 1 is 0.745 bits per heavy atom. The molecular formula is C45H50FN3O6. The van der Waals surface area contributed by atoms with Crippen LogP contribution in [0.15, 0.2) is 114 Å². The number of rotatable bonds is 17. The standard InChI is InChI=1S/C45H50FN3O6/c1-6-7-23-47-43(50)33-16-21-38(41(25-33)54-28-32-13-18-36(46)19-14-32)48-45(52)35-17-22-39(42(26-35)55-30(4)5)49-44(51)34-15-20-37(29(2)3)40(24-34)53-27-31-11-9-8-10-12-31/h8-22,24-25,29-30,42H,6-7,23,26-28H2,1-5H3,(H,47,50)(H,48,52)(H,49,51). The van der Waals surface area contributed by atoms with Crippen molar-refractivity contribution in [1.29, 1.82) is 0 Å². The smallest absolute Gasteiger partial charge is 0.255 e. The first-order valence-electron chi connectivity index (χ1n) is 18.8. The van der Waals surface area contributed by atoms with Gasteiger partial charge in [0.2, 0.25) is 0 Å². The van der Waals surface area contributed by atoms with Crippen LogP contribution in [0.4, 0.5) is 10.1 Å². The first kappa shape index (κ1) is 40.4. The van der Waals surface area contributed by atoms with E-state index in [0.29, 0.717) is 52.5 Å². The van der Waals surface area contributed by atoms with Crippen LogP contribution >= 0.6 is 0 Å². The third-order valence-corrected chi connectivity index (χ3v) is 8.95. The minimum atomic E-state index is -0.609. The molecule has 1 atom stereocenters. The molecule has 10 heteroatoms. The Labute approximate surface area is 323 Å². The van der Waals surface area contributed by atoms with E-state index < -0.39 is 12.0 Å². The number of allylic oxidation sites excluding steroid dienone is 2. The molecular weight excluding hydrogens is 698 g/mol. The van der Waals surface area contributed by atoms with Gasteiger partial charge in [0, 0.05) is 35.4 Å². The number of hydrogen-bond acceptors (Lipinski definition) is 6. The third kappa shape index (κ3) is 11.6. The van der Waals surface area contributed by atoms with Crippen molar-refractivity contribution < 1.29 is 33.0 Å². The molecule has 4 aromatic carbocycles. The summed E-state index contributed by atoms with van der Waals surface area (Å²) in [5.41, 5.74) is 4.85. The molecule has 0 bridgehead atoms. The summed E-state index contributed by atoms with van der Waals surface area (Å²) in [6.45, 7) is 11.0. The van der Waals surface area contributed by atoms with E-state index in [0.717, 1.165) is 24.0 Å². The Bertz CT molecular complexity index is 2010. The van der Waals surface area contributed by atoms with Crippen LogP contribution in [0.5, 0.6) is 11.5 Å². The number of carbonyl (C=O) groups is 3. The van der Waals surface area contributed by atoms with Gasteiger partial charge in [-0.05, 0) is 91.4 Å². The van der Waals surface area contributed by atoms with Gasteiger partial charge in [0.25, 0.3) is 17.7 Å². The van der Waals surface area contributed by atoms with Gasteiger partial charge in [-0.2, -0.15) is 0 Å². The fourth-order valence-electron chi connectivity index (χ4n) is 5.94. The summed E-state index contributed by atoms with van der Waals surface area (Å²) in [7, 11) is 0. The van der Waals surface area contributed by atoms with Crippen LogP contribution in [0.3, 0.4) is 0 Å². The minimum Gasteiger partial charge on any atom is -0.489 e.